The molecule has 1 aliphatic heterocycles. The molecule has 0 bridgehead atoms. The second-order valence-electron chi connectivity index (χ2n) is 12.8. The van der Waals surface area contributed by atoms with Crippen LogP contribution in [0.4, 0.5) is 5.69 Å². The molecule has 0 saturated carbocycles. The maximum atomic E-state index is 13.8. The summed E-state index contributed by atoms with van der Waals surface area (Å²) in [6.45, 7) is 0. The molecule has 0 spiro atoms. The number of hydrogen-bond acceptors (Lipinski definition) is 3. The minimum atomic E-state index is -0.383. The van der Waals surface area contributed by atoms with Gasteiger partial charge < -0.3 is 9.13 Å². The first kappa shape index (κ1) is 28.8. The Kier molecular flexibility index (Phi) is 6.14. The van der Waals surface area contributed by atoms with Gasteiger partial charge >= 0.3 is 0 Å². The van der Waals surface area contributed by atoms with Crippen LogP contribution in [-0.2, 0) is 0 Å². The van der Waals surface area contributed by atoms with Crippen molar-refractivity contribution < 1.29 is 9.59 Å². The molecule has 0 N–H and O–H groups in total. The van der Waals surface area contributed by atoms with E-state index in [-0.39, 0.29) is 11.8 Å². The van der Waals surface area contributed by atoms with E-state index in [2.05, 4.69) is 106 Å². The van der Waals surface area contributed by atoms with Crippen molar-refractivity contribution in [3.05, 3.63) is 174 Å². The normalized spacial score (nSPS) is 12.7. The molecule has 7 aromatic carbocycles. The number of nitrogens with zero attached hydrogens (tertiary/aromatic N) is 4. The van der Waals surface area contributed by atoms with E-state index in [1.807, 2.05) is 24.3 Å². The van der Waals surface area contributed by atoms with Crippen LogP contribution >= 0.6 is 0 Å². The van der Waals surface area contributed by atoms with Crippen LogP contribution in [0.3, 0.4) is 0 Å². The Bertz CT molecular complexity index is 2930. The molecule has 0 unspecified atom stereocenters. The Hall–Kier alpha value is -7.23. The summed E-state index contributed by atoms with van der Waals surface area (Å²) in [7, 11) is 0. The van der Waals surface area contributed by atoms with Crippen LogP contribution in [-0.4, -0.2) is 20.9 Å². The van der Waals surface area contributed by atoms with Crippen molar-refractivity contribution in [1.82, 2.24) is 9.13 Å². The predicted molar refractivity (Wildman–Crippen MR) is 203 cm³/mol. The third-order valence-electron chi connectivity index (χ3n) is 10.1. The zero-order valence-corrected chi connectivity index (χ0v) is 27.1. The molecule has 1 aliphatic rings. The summed E-state index contributed by atoms with van der Waals surface area (Å²) in [6.07, 6.45) is 0. The molecule has 0 saturated heterocycles. The summed E-state index contributed by atoms with van der Waals surface area (Å²) >= 11 is 0. The molecule has 0 atom stereocenters. The second kappa shape index (κ2) is 10.9. The third kappa shape index (κ3) is 4.16. The number of para-hydroxylation sites is 2. The number of hydrogen-bond donors (Lipinski definition) is 0. The van der Waals surface area contributed by atoms with Crippen LogP contribution in [0.2, 0.25) is 0 Å². The lowest BCUT2D eigenvalue weighted by Crippen LogP contribution is -2.30. The van der Waals surface area contributed by atoms with Gasteiger partial charge in [0.1, 0.15) is 0 Å². The van der Waals surface area contributed by atoms with Crippen molar-refractivity contribution in [3.8, 4) is 28.6 Å². The summed E-state index contributed by atoms with van der Waals surface area (Å²) in [6, 6.07) is 54.3. The van der Waals surface area contributed by atoms with Crippen molar-refractivity contribution in [3.63, 3.8) is 0 Å². The first-order chi connectivity index (χ1) is 25.1. The van der Waals surface area contributed by atoms with Crippen LogP contribution < -0.4 is 4.90 Å². The zero-order chi connectivity index (χ0) is 34.2. The highest BCUT2D eigenvalue weighted by Gasteiger charge is 2.38. The quantitative estimate of drug-likeness (QED) is 0.177. The topological polar surface area (TPSA) is 71.0 Å². The number of amides is 2. The maximum Gasteiger partial charge on any atom is 0.266 e. The molecule has 51 heavy (non-hydrogen) atoms. The summed E-state index contributed by atoms with van der Waals surface area (Å²) in [4.78, 5) is 28.8. The van der Waals surface area contributed by atoms with Gasteiger partial charge in [-0.05, 0) is 77.9 Å². The van der Waals surface area contributed by atoms with Crippen LogP contribution in [0.1, 0.15) is 26.3 Å². The molecule has 10 rings (SSSR count). The third-order valence-corrected chi connectivity index (χ3v) is 10.1. The number of aromatic nitrogens is 2. The molecule has 0 fully saturated rings. The second-order valence-corrected chi connectivity index (χ2v) is 12.8. The number of anilines is 1. The van der Waals surface area contributed by atoms with Gasteiger partial charge in [-0.25, -0.2) is 4.90 Å². The van der Waals surface area contributed by atoms with Gasteiger partial charge in [0.15, 0.2) is 0 Å². The number of fused-ring (bicyclic) bond motifs is 7. The number of benzene rings is 7. The van der Waals surface area contributed by atoms with Crippen LogP contribution in [0.25, 0.3) is 66.1 Å². The minimum Gasteiger partial charge on any atom is -0.309 e. The van der Waals surface area contributed by atoms with E-state index < -0.39 is 0 Å². The monoisotopic (exact) mass is 654 g/mol. The van der Waals surface area contributed by atoms with Gasteiger partial charge in [-0.2, -0.15) is 5.26 Å². The van der Waals surface area contributed by atoms with Crippen LogP contribution in [0.15, 0.2) is 158 Å². The van der Waals surface area contributed by atoms with E-state index in [0.29, 0.717) is 28.1 Å². The van der Waals surface area contributed by atoms with E-state index in [1.54, 1.807) is 42.5 Å². The number of nitriles is 1. The Morgan fingerprint density at radius 1 is 0.431 bits per heavy atom. The van der Waals surface area contributed by atoms with Gasteiger partial charge in [-0.3, -0.25) is 9.59 Å². The molecule has 3 heterocycles. The predicted octanol–water partition coefficient (Wildman–Crippen LogP) is 10.2. The first-order valence-corrected chi connectivity index (χ1v) is 16.8. The molecular formula is C45H26N4O2. The maximum absolute atomic E-state index is 13.8. The van der Waals surface area contributed by atoms with Gasteiger partial charge in [0.05, 0.1) is 56.2 Å². The molecule has 9 aromatic rings. The molecule has 6 heteroatoms. The van der Waals surface area contributed by atoms with Crippen molar-refractivity contribution in [2.45, 2.75) is 0 Å². The summed E-state index contributed by atoms with van der Waals surface area (Å²) in [5.41, 5.74) is 9.48. The smallest absolute Gasteiger partial charge is 0.266 e. The molecule has 238 valence electrons. The number of carbonyl (C=O) groups is 2. The fourth-order valence-corrected chi connectivity index (χ4v) is 7.77. The highest BCUT2D eigenvalue weighted by molar-refractivity contribution is 6.35. The fraction of sp³-hybridized carbons (Fsp3) is 0. The lowest BCUT2D eigenvalue weighted by Gasteiger charge is -2.20. The summed E-state index contributed by atoms with van der Waals surface area (Å²) in [5, 5.41) is 14.2. The largest absolute Gasteiger partial charge is 0.309 e. The minimum absolute atomic E-state index is 0.367. The van der Waals surface area contributed by atoms with Gasteiger partial charge in [-0.15, -0.1) is 0 Å². The van der Waals surface area contributed by atoms with E-state index in [0.717, 1.165) is 54.9 Å². The lowest BCUT2D eigenvalue weighted by molar-refractivity contribution is 0.0926. The van der Waals surface area contributed by atoms with E-state index >= 15 is 0 Å². The van der Waals surface area contributed by atoms with Crippen LogP contribution in [0.5, 0.6) is 0 Å². The molecule has 2 aromatic heterocycles. The number of imide groups is 1. The Morgan fingerprint density at radius 3 is 1.59 bits per heavy atom. The van der Waals surface area contributed by atoms with Gasteiger partial charge in [0.25, 0.3) is 11.8 Å². The molecule has 6 nitrogen and oxygen atoms in total. The highest BCUT2D eigenvalue weighted by Crippen LogP contribution is 2.42. The summed E-state index contributed by atoms with van der Waals surface area (Å²) < 4.78 is 4.40. The van der Waals surface area contributed by atoms with Gasteiger partial charge in [0.2, 0.25) is 0 Å². The Balaban J connectivity index is 1.25. The Labute approximate surface area is 292 Å². The van der Waals surface area contributed by atoms with Crippen molar-refractivity contribution >= 4 is 61.1 Å². The average molecular weight is 655 g/mol. The van der Waals surface area contributed by atoms with Crippen molar-refractivity contribution in [1.29, 1.82) is 5.26 Å². The zero-order valence-electron chi connectivity index (χ0n) is 27.1. The molecule has 2 amide bonds. The van der Waals surface area contributed by atoms with Gasteiger partial charge in [0, 0.05) is 27.2 Å². The lowest BCUT2D eigenvalue weighted by atomic mass is 10.1. The summed E-state index contributed by atoms with van der Waals surface area (Å²) in [5.74, 6) is -0.767. The Morgan fingerprint density at radius 2 is 0.961 bits per heavy atom. The van der Waals surface area contributed by atoms with Crippen LogP contribution in [0, 0.1) is 11.3 Å². The first-order valence-electron chi connectivity index (χ1n) is 16.8. The van der Waals surface area contributed by atoms with Crippen molar-refractivity contribution in [2.75, 3.05) is 4.90 Å². The van der Waals surface area contributed by atoms with Gasteiger partial charge in [-0.1, -0.05) is 91.0 Å². The molecule has 0 aliphatic carbocycles. The fourth-order valence-electron chi connectivity index (χ4n) is 7.77. The van der Waals surface area contributed by atoms with E-state index in [1.165, 1.54) is 10.5 Å². The average Bonchev–Trinajstić information content (AvgIpc) is 3.78. The number of carbonyl (C=O) groups excluding carboxylic acids is 2. The van der Waals surface area contributed by atoms with E-state index in [4.69, 9.17) is 0 Å². The standard InChI is InChI=1S/C45H26N4O2/c46-27-28-18-23-40(49-44(50)34-14-4-5-15-35(34)45(49)51)43(24-28)48-39-17-9-7-13-33(39)37-25-41-36(26-42(37)48)32-12-6-8-16-38(32)47(41)31-21-19-30(20-22-31)29-10-2-1-3-11-29/h1-26H. The highest BCUT2D eigenvalue weighted by atomic mass is 16.2. The molecule has 0 radical (unpaired) electrons. The van der Waals surface area contributed by atoms with Crippen molar-refractivity contribution in [2.24, 2.45) is 0 Å². The van der Waals surface area contributed by atoms with E-state index in [9.17, 15) is 14.9 Å². The molecular weight excluding hydrogens is 629 g/mol. The SMILES string of the molecule is N#Cc1ccc(N2C(=O)c3ccccc3C2=O)c(-n2c3ccccc3c3cc4c(cc32)c2ccccc2n4-c2ccc(-c3ccccc3)cc2)c1. The number of rotatable bonds is 4.